The molecule has 0 bridgehead atoms. The number of carbonyl (C=O) groups excluding carboxylic acids is 3. The Hall–Kier alpha value is -3.91. The second kappa shape index (κ2) is 13.2. The Morgan fingerprint density at radius 3 is 2.46 bits per heavy atom. The number of nitrogens with zero attached hydrogens (tertiary/aromatic N) is 2. The first-order valence-electron chi connectivity index (χ1n) is 12.5. The highest BCUT2D eigenvalue weighted by Gasteiger charge is 2.36. The molecule has 4 rings (SSSR count). The van der Waals surface area contributed by atoms with Crippen LogP contribution in [-0.2, 0) is 16.2 Å². The van der Waals surface area contributed by atoms with Crippen LogP contribution in [0, 0.1) is 27.5 Å². The number of amides is 3. The quantitative estimate of drug-likeness (QED) is 0.111. The molecule has 41 heavy (non-hydrogen) atoms. The van der Waals surface area contributed by atoms with Crippen LogP contribution >= 0.6 is 34.4 Å². The standard InChI is InChI=1S/C29H26IN3O7S/c1-4-39-24-13-20(12-23(30)27(24)40-16-19-6-9-22(10-7-19)33(37)38)14-25-28(35)32(29(36)41-25)15-26(34)31-21-8-5-17(2)18(3)11-21/h5-14H,4,15-16H2,1-3H3,(H,31,34)/b25-14+. The third-order valence-corrected chi connectivity index (χ3v) is 7.83. The molecule has 10 nitrogen and oxygen atoms in total. The van der Waals surface area contributed by atoms with E-state index in [-0.39, 0.29) is 17.2 Å². The molecule has 3 aromatic carbocycles. The molecule has 0 radical (unpaired) electrons. The lowest BCUT2D eigenvalue weighted by Gasteiger charge is -2.15. The van der Waals surface area contributed by atoms with Gasteiger partial charge < -0.3 is 14.8 Å². The fourth-order valence-electron chi connectivity index (χ4n) is 3.89. The Balaban J connectivity index is 1.47. The molecule has 1 aliphatic rings. The molecule has 1 fully saturated rings. The van der Waals surface area contributed by atoms with E-state index in [4.69, 9.17) is 9.47 Å². The molecule has 1 N–H and O–H groups in total. The van der Waals surface area contributed by atoms with Crippen molar-refractivity contribution in [3.63, 3.8) is 0 Å². The van der Waals surface area contributed by atoms with Crippen LogP contribution in [0.4, 0.5) is 16.2 Å². The minimum atomic E-state index is -0.554. The first kappa shape index (κ1) is 30.1. The number of hydrogen-bond donors (Lipinski definition) is 1. The van der Waals surface area contributed by atoms with Gasteiger partial charge in [0, 0.05) is 17.8 Å². The Morgan fingerprint density at radius 1 is 1.07 bits per heavy atom. The Bertz CT molecular complexity index is 1560. The normalized spacial score (nSPS) is 14.0. The van der Waals surface area contributed by atoms with E-state index < -0.39 is 28.5 Å². The fourth-order valence-corrected chi connectivity index (χ4v) is 5.51. The zero-order valence-corrected chi connectivity index (χ0v) is 25.4. The van der Waals surface area contributed by atoms with E-state index in [0.29, 0.717) is 32.9 Å². The molecule has 0 unspecified atom stereocenters. The van der Waals surface area contributed by atoms with Gasteiger partial charge in [-0.3, -0.25) is 29.4 Å². The summed E-state index contributed by atoms with van der Waals surface area (Å²) in [4.78, 5) is 49.8. The van der Waals surface area contributed by atoms with Crippen molar-refractivity contribution in [3.05, 3.63) is 95.4 Å². The van der Waals surface area contributed by atoms with Gasteiger partial charge in [-0.25, -0.2) is 0 Å². The summed E-state index contributed by atoms with van der Waals surface area (Å²) in [6.07, 6.45) is 1.58. The minimum Gasteiger partial charge on any atom is -0.490 e. The number of rotatable bonds is 10. The number of imide groups is 1. The minimum absolute atomic E-state index is 0.00548. The van der Waals surface area contributed by atoms with Crippen molar-refractivity contribution in [2.24, 2.45) is 0 Å². The molecule has 0 spiro atoms. The summed E-state index contributed by atoms with van der Waals surface area (Å²) in [5, 5.41) is 13.1. The number of thioether (sulfide) groups is 1. The molecular formula is C29H26IN3O7S. The molecule has 1 aliphatic heterocycles. The van der Waals surface area contributed by atoms with E-state index in [1.54, 1.807) is 36.4 Å². The smallest absolute Gasteiger partial charge is 0.294 e. The van der Waals surface area contributed by atoms with Crippen LogP contribution in [0.25, 0.3) is 6.08 Å². The van der Waals surface area contributed by atoms with Crippen LogP contribution in [0.1, 0.15) is 29.2 Å². The van der Waals surface area contributed by atoms with E-state index in [2.05, 4.69) is 27.9 Å². The summed E-state index contributed by atoms with van der Waals surface area (Å²) < 4.78 is 12.5. The highest BCUT2D eigenvalue weighted by molar-refractivity contribution is 14.1. The van der Waals surface area contributed by atoms with E-state index in [0.717, 1.165) is 33.4 Å². The summed E-state index contributed by atoms with van der Waals surface area (Å²) in [6.45, 7) is 5.85. The van der Waals surface area contributed by atoms with Crippen LogP contribution in [0.2, 0.25) is 0 Å². The van der Waals surface area contributed by atoms with E-state index in [1.165, 1.54) is 12.1 Å². The third kappa shape index (κ3) is 7.44. The number of halogens is 1. The molecule has 0 saturated carbocycles. The predicted octanol–water partition coefficient (Wildman–Crippen LogP) is 6.47. The molecule has 0 aromatic heterocycles. The Kier molecular flexibility index (Phi) is 9.65. The molecule has 3 aromatic rings. The van der Waals surface area contributed by atoms with Gasteiger partial charge in [-0.15, -0.1) is 0 Å². The zero-order chi connectivity index (χ0) is 29.7. The molecule has 1 saturated heterocycles. The summed E-state index contributed by atoms with van der Waals surface area (Å²) in [5.74, 6) is -0.0974. The summed E-state index contributed by atoms with van der Waals surface area (Å²) >= 11 is 2.86. The molecule has 212 valence electrons. The SMILES string of the molecule is CCOc1cc(/C=C2/SC(=O)N(CC(=O)Nc3ccc(C)c(C)c3)C2=O)cc(I)c1OCc1ccc([N+](=O)[O-])cc1. The van der Waals surface area contributed by atoms with Crippen LogP contribution < -0.4 is 14.8 Å². The van der Waals surface area contributed by atoms with Gasteiger partial charge in [0.25, 0.3) is 16.8 Å². The summed E-state index contributed by atoms with van der Waals surface area (Å²) in [7, 11) is 0. The number of ether oxygens (including phenoxy) is 2. The third-order valence-electron chi connectivity index (χ3n) is 6.13. The second-order valence-corrected chi connectivity index (χ2v) is 11.2. The molecule has 0 atom stereocenters. The highest BCUT2D eigenvalue weighted by atomic mass is 127. The number of nitro groups is 1. The summed E-state index contributed by atoms with van der Waals surface area (Å²) in [6, 6.07) is 15.1. The van der Waals surface area contributed by atoms with Crippen LogP contribution in [0.15, 0.2) is 59.5 Å². The van der Waals surface area contributed by atoms with Crippen molar-refractivity contribution in [1.82, 2.24) is 4.90 Å². The average molecular weight is 688 g/mol. The lowest BCUT2D eigenvalue weighted by atomic mass is 10.1. The Morgan fingerprint density at radius 2 is 1.80 bits per heavy atom. The van der Waals surface area contributed by atoms with Crippen molar-refractivity contribution in [1.29, 1.82) is 0 Å². The molecule has 3 amide bonds. The van der Waals surface area contributed by atoms with Crippen molar-refractivity contribution in [2.45, 2.75) is 27.4 Å². The van der Waals surface area contributed by atoms with Gasteiger partial charge >= 0.3 is 0 Å². The van der Waals surface area contributed by atoms with Gasteiger partial charge in [-0.05, 0) is 120 Å². The van der Waals surface area contributed by atoms with E-state index >= 15 is 0 Å². The second-order valence-electron chi connectivity index (χ2n) is 9.09. The zero-order valence-electron chi connectivity index (χ0n) is 22.4. The topological polar surface area (TPSA) is 128 Å². The predicted molar refractivity (Wildman–Crippen MR) is 165 cm³/mol. The maximum absolute atomic E-state index is 13.0. The van der Waals surface area contributed by atoms with Crippen LogP contribution in [-0.4, -0.2) is 40.0 Å². The average Bonchev–Trinajstić information content (AvgIpc) is 3.17. The molecule has 1 heterocycles. The van der Waals surface area contributed by atoms with Crippen molar-refractivity contribution >= 4 is 68.9 Å². The number of hydrogen-bond acceptors (Lipinski definition) is 8. The summed E-state index contributed by atoms with van der Waals surface area (Å²) in [5.41, 5.74) is 4.05. The van der Waals surface area contributed by atoms with Crippen molar-refractivity contribution in [2.75, 3.05) is 18.5 Å². The number of nitrogens with one attached hydrogen (secondary N) is 1. The number of nitro benzene ring substituents is 1. The Labute approximate surface area is 254 Å². The lowest BCUT2D eigenvalue weighted by molar-refractivity contribution is -0.384. The van der Waals surface area contributed by atoms with Gasteiger partial charge in [-0.1, -0.05) is 6.07 Å². The largest absolute Gasteiger partial charge is 0.490 e. The molecular weight excluding hydrogens is 661 g/mol. The number of benzene rings is 3. The van der Waals surface area contributed by atoms with Gasteiger partial charge in [0.2, 0.25) is 5.91 Å². The van der Waals surface area contributed by atoms with Crippen LogP contribution in [0.3, 0.4) is 0 Å². The van der Waals surface area contributed by atoms with Crippen molar-refractivity contribution < 1.29 is 28.8 Å². The maximum atomic E-state index is 13.0. The number of non-ortho nitro benzene ring substituents is 1. The molecule has 12 heteroatoms. The fraction of sp³-hybridized carbons (Fsp3) is 0.207. The van der Waals surface area contributed by atoms with Gasteiger partial charge in [0.1, 0.15) is 13.2 Å². The number of anilines is 1. The maximum Gasteiger partial charge on any atom is 0.294 e. The van der Waals surface area contributed by atoms with Gasteiger partial charge in [0.05, 0.1) is 20.0 Å². The van der Waals surface area contributed by atoms with E-state index in [1.807, 2.05) is 32.9 Å². The van der Waals surface area contributed by atoms with Crippen molar-refractivity contribution in [3.8, 4) is 11.5 Å². The lowest BCUT2D eigenvalue weighted by Crippen LogP contribution is -2.36. The number of carbonyl (C=O) groups is 3. The highest BCUT2D eigenvalue weighted by Crippen LogP contribution is 2.38. The molecule has 0 aliphatic carbocycles. The van der Waals surface area contributed by atoms with E-state index in [9.17, 15) is 24.5 Å². The van der Waals surface area contributed by atoms with Crippen LogP contribution in [0.5, 0.6) is 11.5 Å². The first-order valence-corrected chi connectivity index (χ1v) is 14.4. The van der Waals surface area contributed by atoms with Gasteiger partial charge in [0.15, 0.2) is 11.5 Å². The first-order chi connectivity index (χ1) is 19.5. The monoisotopic (exact) mass is 687 g/mol. The van der Waals surface area contributed by atoms with Gasteiger partial charge in [-0.2, -0.15) is 0 Å². The number of aryl methyl sites for hydroxylation is 2.